The lowest BCUT2D eigenvalue weighted by atomic mass is 10.1. The van der Waals surface area contributed by atoms with E-state index in [1.54, 1.807) is 6.20 Å². The maximum atomic E-state index is 12.3. The van der Waals surface area contributed by atoms with Gasteiger partial charge in [-0.1, -0.05) is 16.8 Å². The van der Waals surface area contributed by atoms with Crippen molar-refractivity contribution in [3.63, 3.8) is 0 Å². The summed E-state index contributed by atoms with van der Waals surface area (Å²) in [6.07, 6.45) is 1.64. The minimum atomic E-state index is -0.397. The molecule has 2 aromatic rings. The van der Waals surface area contributed by atoms with E-state index in [4.69, 9.17) is 16.1 Å². The van der Waals surface area contributed by atoms with Crippen LogP contribution in [0.4, 0.5) is 0 Å². The molecule has 0 unspecified atom stereocenters. The molecule has 114 valence electrons. The normalized spacial score (nSPS) is 11.9. The highest BCUT2D eigenvalue weighted by Gasteiger charge is 2.20. The molecule has 0 N–H and O–H groups in total. The van der Waals surface area contributed by atoms with E-state index < -0.39 is 5.54 Å². The van der Waals surface area contributed by atoms with E-state index >= 15 is 0 Å². The molecule has 7 heteroatoms. The zero-order valence-corrected chi connectivity index (χ0v) is 14.3. The molecule has 0 bridgehead atoms. The lowest BCUT2D eigenvalue weighted by molar-refractivity contribution is 0.336. The smallest absolute Gasteiger partial charge is 0.287 e. The third kappa shape index (κ3) is 3.32. The molecule has 0 spiro atoms. The summed E-state index contributed by atoms with van der Waals surface area (Å²) in [5.41, 5.74) is 1.21. The Balaban J connectivity index is 2.27. The number of hydrogen-bond acceptors (Lipinski definition) is 5. The summed E-state index contributed by atoms with van der Waals surface area (Å²) in [6, 6.07) is 0. The third-order valence-corrected chi connectivity index (χ3v) is 4.61. The molecule has 0 fully saturated rings. The van der Waals surface area contributed by atoms with Gasteiger partial charge < -0.3 is 4.52 Å². The molecule has 0 amide bonds. The standard InChI is InChI=1S/C14H18ClN3O2S/c1-8-10(9(2)20-17-8)7-21-11-6-16-18(14(3,4)5)13(19)12(11)15/h6H,7H2,1-5H3. The molecule has 21 heavy (non-hydrogen) atoms. The van der Waals surface area contributed by atoms with E-state index in [9.17, 15) is 4.79 Å². The van der Waals surface area contributed by atoms with Crippen LogP contribution < -0.4 is 5.56 Å². The number of nitrogens with zero attached hydrogens (tertiary/aromatic N) is 3. The van der Waals surface area contributed by atoms with Gasteiger partial charge in [-0.2, -0.15) is 5.10 Å². The van der Waals surface area contributed by atoms with Gasteiger partial charge in [0.25, 0.3) is 5.56 Å². The summed E-state index contributed by atoms with van der Waals surface area (Å²) in [5.74, 6) is 1.42. The van der Waals surface area contributed by atoms with Gasteiger partial charge in [-0.05, 0) is 34.6 Å². The maximum absolute atomic E-state index is 12.3. The second-order valence-electron chi connectivity index (χ2n) is 5.80. The van der Waals surface area contributed by atoms with Gasteiger partial charge in [0.15, 0.2) is 0 Å². The number of thioether (sulfide) groups is 1. The van der Waals surface area contributed by atoms with Crippen LogP contribution in [0.15, 0.2) is 20.4 Å². The Morgan fingerprint density at radius 3 is 2.57 bits per heavy atom. The van der Waals surface area contributed by atoms with Crippen LogP contribution in [-0.4, -0.2) is 14.9 Å². The fourth-order valence-electron chi connectivity index (χ4n) is 1.85. The van der Waals surface area contributed by atoms with Gasteiger partial charge in [0.2, 0.25) is 0 Å². The molecule has 2 heterocycles. The third-order valence-electron chi connectivity index (χ3n) is 3.08. The first-order valence-corrected chi connectivity index (χ1v) is 7.91. The number of aromatic nitrogens is 3. The van der Waals surface area contributed by atoms with E-state index in [2.05, 4.69) is 10.3 Å². The first-order valence-electron chi connectivity index (χ1n) is 6.54. The summed E-state index contributed by atoms with van der Waals surface area (Å²) in [4.78, 5) is 12.9. The second-order valence-corrected chi connectivity index (χ2v) is 7.20. The zero-order chi connectivity index (χ0) is 15.8. The Morgan fingerprint density at radius 2 is 2.05 bits per heavy atom. The van der Waals surface area contributed by atoms with E-state index in [1.807, 2.05) is 34.6 Å². The average Bonchev–Trinajstić information content (AvgIpc) is 2.70. The van der Waals surface area contributed by atoms with Gasteiger partial charge in [0, 0.05) is 11.3 Å². The number of aryl methyl sites for hydroxylation is 2. The Bertz CT molecular complexity index is 696. The van der Waals surface area contributed by atoms with E-state index in [0.29, 0.717) is 10.6 Å². The van der Waals surface area contributed by atoms with Crippen molar-refractivity contribution in [3.8, 4) is 0 Å². The molecule has 0 radical (unpaired) electrons. The van der Waals surface area contributed by atoms with Crippen LogP contribution in [0.1, 0.15) is 37.8 Å². The molecule has 0 aliphatic rings. The molecular weight excluding hydrogens is 310 g/mol. The van der Waals surface area contributed by atoms with Gasteiger partial charge >= 0.3 is 0 Å². The number of rotatable bonds is 3. The molecule has 5 nitrogen and oxygen atoms in total. The van der Waals surface area contributed by atoms with Crippen molar-refractivity contribution in [1.82, 2.24) is 14.9 Å². The number of halogens is 1. The van der Waals surface area contributed by atoms with Crippen molar-refractivity contribution in [2.45, 2.75) is 50.8 Å². The lowest BCUT2D eigenvalue weighted by Crippen LogP contribution is -2.36. The van der Waals surface area contributed by atoms with Crippen LogP contribution in [0, 0.1) is 13.8 Å². The summed E-state index contributed by atoms with van der Waals surface area (Å²) < 4.78 is 6.52. The molecule has 0 saturated carbocycles. The molecule has 2 rings (SSSR count). The fourth-order valence-corrected chi connectivity index (χ4v) is 3.19. The summed E-state index contributed by atoms with van der Waals surface area (Å²) in [5, 5.41) is 8.33. The quantitative estimate of drug-likeness (QED) is 0.807. The maximum Gasteiger partial charge on any atom is 0.287 e. The molecule has 0 atom stereocenters. The van der Waals surface area contributed by atoms with Crippen LogP contribution in [0.3, 0.4) is 0 Å². The van der Waals surface area contributed by atoms with Crippen LogP contribution in [0.5, 0.6) is 0 Å². The monoisotopic (exact) mass is 327 g/mol. The molecule has 0 aliphatic heterocycles. The van der Waals surface area contributed by atoms with Crippen molar-refractivity contribution in [2.24, 2.45) is 0 Å². The van der Waals surface area contributed by atoms with Gasteiger partial charge in [-0.3, -0.25) is 4.79 Å². The van der Waals surface area contributed by atoms with Crippen molar-refractivity contribution in [1.29, 1.82) is 0 Å². The van der Waals surface area contributed by atoms with Crippen molar-refractivity contribution < 1.29 is 4.52 Å². The lowest BCUT2D eigenvalue weighted by Gasteiger charge is -2.21. The predicted octanol–water partition coefficient (Wildman–Crippen LogP) is 3.55. The second kappa shape index (κ2) is 5.85. The van der Waals surface area contributed by atoms with Gasteiger partial charge in [-0.15, -0.1) is 11.8 Å². The van der Waals surface area contributed by atoms with E-state index in [-0.39, 0.29) is 10.6 Å². The minimum Gasteiger partial charge on any atom is -0.361 e. The highest BCUT2D eigenvalue weighted by Crippen LogP contribution is 2.29. The zero-order valence-electron chi connectivity index (χ0n) is 12.7. The predicted molar refractivity (Wildman–Crippen MR) is 84.0 cm³/mol. The Kier molecular flexibility index (Phi) is 4.49. The summed E-state index contributed by atoms with van der Waals surface area (Å²) in [7, 11) is 0. The van der Waals surface area contributed by atoms with Crippen LogP contribution >= 0.6 is 23.4 Å². The van der Waals surface area contributed by atoms with Crippen molar-refractivity contribution >= 4 is 23.4 Å². The topological polar surface area (TPSA) is 60.9 Å². The number of hydrogen-bond donors (Lipinski definition) is 0. The summed E-state index contributed by atoms with van der Waals surface area (Å²) >= 11 is 7.65. The van der Waals surface area contributed by atoms with Crippen molar-refractivity contribution in [2.75, 3.05) is 0 Å². The largest absolute Gasteiger partial charge is 0.361 e. The van der Waals surface area contributed by atoms with Gasteiger partial charge in [-0.25, -0.2) is 4.68 Å². The first kappa shape index (κ1) is 16.1. The van der Waals surface area contributed by atoms with Crippen molar-refractivity contribution in [3.05, 3.63) is 38.6 Å². The molecule has 2 aromatic heterocycles. The van der Waals surface area contributed by atoms with Crippen LogP contribution in [0.2, 0.25) is 5.02 Å². The summed E-state index contributed by atoms with van der Waals surface area (Å²) in [6.45, 7) is 9.49. The minimum absolute atomic E-state index is 0.205. The average molecular weight is 328 g/mol. The van der Waals surface area contributed by atoms with Gasteiger partial charge in [0.1, 0.15) is 10.8 Å². The molecule has 0 aromatic carbocycles. The fraction of sp³-hybridized carbons (Fsp3) is 0.500. The molecule has 0 aliphatic carbocycles. The van der Waals surface area contributed by atoms with E-state index in [1.165, 1.54) is 16.4 Å². The SMILES string of the molecule is Cc1noc(C)c1CSc1cnn(C(C)(C)C)c(=O)c1Cl. The highest BCUT2D eigenvalue weighted by molar-refractivity contribution is 7.98. The Hall–Kier alpha value is -1.27. The van der Waals surface area contributed by atoms with Crippen LogP contribution in [-0.2, 0) is 11.3 Å². The Morgan fingerprint density at radius 1 is 1.38 bits per heavy atom. The van der Waals surface area contributed by atoms with E-state index in [0.717, 1.165) is 17.0 Å². The van der Waals surface area contributed by atoms with Crippen LogP contribution in [0.25, 0.3) is 0 Å². The molecule has 0 saturated heterocycles. The highest BCUT2D eigenvalue weighted by atomic mass is 35.5. The Labute approximate surface area is 132 Å². The molecular formula is C14H18ClN3O2S. The van der Waals surface area contributed by atoms with Gasteiger partial charge in [0.05, 0.1) is 22.3 Å². The first-order chi connectivity index (χ1) is 9.71.